The monoisotopic (exact) mass is 518 g/mol. The van der Waals surface area contributed by atoms with Gasteiger partial charge in [0.05, 0.1) is 15.9 Å². The van der Waals surface area contributed by atoms with Crippen LogP contribution in [-0.4, -0.2) is 0 Å². The van der Waals surface area contributed by atoms with Crippen molar-refractivity contribution in [3.05, 3.63) is 120 Å². The molecule has 0 fully saturated rings. The molecular formula is C22H26AuP. The van der Waals surface area contributed by atoms with Crippen LogP contribution in [0.4, 0.5) is 0 Å². The number of hydrogen-bond acceptors (Lipinski definition) is 0. The molecule has 0 atom stereocenters. The van der Waals surface area contributed by atoms with Gasteiger partial charge >= 0.3 is 22.4 Å². The quantitative estimate of drug-likeness (QED) is 0.257. The molecule has 0 heterocycles. The number of hydrogen-bond donors (Lipinski definition) is 0. The second kappa shape index (κ2) is 11.4. The molecule has 0 amide bonds. The third kappa shape index (κ3) is 4.91. The van der Waals surface area contributed by atoms with Gasteiger partial charge < -0.3 is 22.3 Å². The molecule has 2 heteroatoms. The second-order valence-corrected chi connectivity index (χ2v) is 7.99. The summed E-state index contributed by atoms with van der Waals surface area (Å²) in [5.74, 6) is 0. The molecule has 0 unspecified atom stereocenters. The van der Waals surface area contributed by atoms with E-state index in [-0.39, 0.29) is 44.7 Å². The average Bonchev–Trinajstić information content (AvgIpc) is 2.56. The first-order valence-electron chi connectivity index (χ1n) is 6.72. The molecule has 0 aliphatic heterocycles. The zero-order chi connectivity index (χ0) is 13.8. The Hall–Kier alpha value is -1.17. The standard InChI is InChI=1S/C19H17P.3CH3.Au/c1-20(17-11-5-2-6-12-17,18-13-7-3-8-14-18)19-15-9-4-10-16-19;;;;/h2-16H,1H2;3*1H3;/q;3*-1;+3. The first-order chi connectivity index (χ1) is 9.82. The maximum Gasteiger partial charge on any atom is 3.00 e. The maximum absolute atomic E-state index is 4.69. The molecule has 3 aromatic carbocycles. The van der Waals surface area contributed by atoms with E-state index < -0.39 is 7.26 Å². The van der Waals surface area contributed by atoms with Crippen LogP contribution in [0.2, 0.25) is 0 Å². The van der Waals surface area contributed by atoms with Gasteiger partial charge in [-0.25, -0.2) is 0 Å². The van der Waals surface area contributed by atoms with Crippen LogP contribution in [0.15, 0.2) is 91.0 Å². The third-order valence-electron chi connectivity index (χ3n) is 3.59. The van der Waals surface area contributed by atoms with E-state index in [4.69, 9.17) is 6.66 Å². The van der Waals surface area contributed by atoms with Crippen LogP contribution in [0, 0.1) is 28.9 Å². The summed E-state index contributed by atoms with van der Waals surface area (Å²) in [5.41, 5.74) is 0. The molecule has 0 saturated carbocycles. The van der Waals surface area contributed by atoms with Crippen molar-refractivity contribution >= 4 is 23.2 Å². The fourth-order valence-electron chi connectivity index (χ4n) is 2.49. The molecule has 0 N–H and O–H groups in total. The molecular weight excluding hydrogens is 492 g/mol. The Labute approximate surface area is 165 Å². The Morgan fingerprint density at radius 1 is 0.458 bits per heavy atom. The Morgan fingerprint density at radius 2 is 0.667 bits per heavy atom. The molecule has 0 aliphatic carbocycles. The minimum atomic E-state index is -1.78. The fourth-order valence-corrected chi connectivity index (χ4v) is 5.43. The van der Waals surface area contributed by atoms with Crippen LogP contribution < -0.4 is 15.9 Å². The topological polar surface area (TPSA) is 0 Å². The van der Waals surface area contributed by atoms with E-state index >= 15 is 0 Å². The van der Waals surface area contributed by atoms with Crippen LogP contribution in [0.3, 0.4) is 0 Å². The van der Waals surface area contributed by atoms with E-state index in [1.807, 2.05) is 0 Å². The van der Waals surface area contributed by atoms with Crippen LogP contribution in [0.1, 0.15) is 0 Å². The van der Waals surface area contributed by atoms with Crippen molar-refractivity contribution in [3.8, 4) is 0 Å². The first kappa shape index (κ1) is 25.1. The largest absolute Gasteiger partial charge is 3.00 e. The van der Waals surface area contributed by atoms with Gasteiger partial charge in [0, 0.05) is 0 Å². The Balaban J connectivity index is 0. The molecule has 0 aromatic heterocycles. The smallest absolute Gasteiger partial charge is 0.358 e. The van der Waals surface area contributed by atoms with E-state index in [1.54, 1.807) is 0 Å². The van der Waals surface area contributed by atoms with Crippen LogP contribution in [-0.2, 0) is 22.4 Å². The molecule has 24 heavy (non-hydrogen) atoms. The van der Waals surface area contributed by atoms with E-state index in [9.17, 15) is 0 Å². The zero-order valence-corrected chi connectivity index (χ0v) is 17.7. The Bertz CT molecular complexity index is 569. The van der Waals surface area contributed by atoms with Crippen LogP contribution in [0.5, 0.6) is 0 Å². The van der Waals surface area contributed by atoms with Gasteiger partial charge in [0.1, 0.15) is 0 Å². The van der Waals surface area contributed by atoms with Crippen molar-refractivity contribution in [2.45, 2.75) is 0 Å². The van der Waals surface area contributed by atoms with Gasteiger partial charge in [-0.1, -0.05) is 54.6 Å². The van der Waals surface area contributed by atoms with Crippen LogP contribution >= 0.6 is 7.26 Å². The fraction of sp³-hybridized carbons (Fsp3) is 0. The third-order valence-corrected chi connectivity index (χ3v) is 7.13. The van der Waals surface area contributed by atoms with Crippen LogP contribution in [0.25, 0.3) is 0 Å². The van der Waals surface area contributed by atoms with E-state index in [1.165, 1.54) is 15.9 Å². The van der Waals surface area contributed by atoms with Gasteiger partial charge in [-0.3, -0.25) is 0 Å². The molecule has 0 saturated heterocycles. The normalized spacial score (nSPS) is 9.38. The summed E-state index contributed by atoms with van der Waals surface area (Å²) >= 11 is 0. The second-order valence-electron chi connectivity index (χ2n) is 4.82. The summed E-state index contributed by atoms with van der Waals surface area (Å²) in [6.45, 7) is 4.69. The van der Waals surface area contributed by atoms with Gasteiger partial charge in [0.2, 0.25) is 0 Å². The van der Waals surface area contributed by atoms with Crippen molar-refractivity contribution in [1.29, 1.82) is 0 Å². The molecule has 0 spiro atoms. The van der Waals surface area contributed by atoms with Crippen molar-refractivity contribution in [1.82, 2.24) is 0 Å². The molecule has 0 nitrogen and oxygen atoms in total. The summed E-state index contributed by atoms with van der Waals surface area (Å²) in [5, 5.41) is 3.95. The molecule has 0 radical (unpaired) electrons. The zero-order valence-electron chi connectivity index (χ0n) is 14.6. The van der Waals surface area contributed by atoms with E-state index in [0.717, 1.165) is 0 Å². The summed E-state index contributed by atoms with van der Waals surface area (Å²) < 4.78 is 0. The van der Waals surface area contributed by atoms with Gasteiger partial charge in [0.15, 0.2) is 0 Å². The minimum absolute atomic E-state index is 0. The minimum Gasteiger partial charge on any atom is -0.358 e. The summed E-state index contributed by atoms with van der Waals surface area (Å²) in [6, 6.07) is 31.9. The Morgan fingerprint density at radius 3 is 0.875 bits per heavy atom. The molecule has 3 aromatic rings. The van der Waals surface area contributed by atoms with Crippen molar-refractivity contribution in [2.75, 3.05) is 0 Å². The van der Waals surface area contributed by atoms with E-state index in [2.05, 4.69) is 91.0 Å². The SMILES string of the molecule is [Au+3].[CH2-][P+](c1ccccc1)(c1ccccc1)c1ccccc1.[CH3-].[CH3-].[CH3-]. The molecule has 130 valence electrons. The maximum atomic E-state index is 4.69. The van der Waals surface area contributed by atoms with Gasteiger partial charge in [-0.2, -0.15) is 6.66 Å². The van der Waals surface area contributed by atoms with Crippen molar-refractivity contribution in [3.63, 3.8) is 0 Å². The van der Waals surface area contributed by atoms with Gasteiger partial charge in [0.25, 0.3) is 0 Å². The van der Waals surface area contributed by atoms with Gasteiger partial charge in [-0.05, 0) is 43.7 Å². The van der Waals surface area contributed by atoms with Gasteiger partial charge in [-0.15, -0.1) is 0 Å². The predicted octanol–water partition coefficient (Wildman–Crippen LogP) is 5.12. The van der Waals surface area contributed by atoms with Crippen molar-refractivity contribution in [2.24, 2.45) is 0 Å². The summed E-state index contributed by atoms with van der Waals surface area (Å²) in [6.07, 6.45) is 0. The predicted molar refractivity (Wildman–Crippen MR) is 110 cm³/mol. The summed E-state index contributed by atoms with van der Waals surface area (Å²) in [4.78, 5) is 0. The molecule has 3 rings (SSSR count). The Kier molecular flexibility index (Phi) is 11.9. The average molecular weight is 518 g/mol. The first-order valence-corrected chi connectivity index (χ1v) is 8.69. The van der Waals surface area contributed by atoms with E-state index in [0.29, 0.717) is 0 Å². The molecule has 0 aliphatic rings. The number of rotatable bonds is 3. The van der Waals surface area contributed by atoms with Crippen molar-refractivity contribution < 1.29 is 22.4 Å². The summed E-state index contributed by atoms with van der Waals surface area (Å²) in [7, 11) is -1.78. The number of benzene rings is 3. The molecule has 0 bridgehead atoms.